The molecule has 0 saturated carbocycles. The van der Waals surface area contributed by atoms with Crippen LogP contribution >= 0.6 is 0 Å². The zero-order valence-corrected chi connectivity index (χ0v) is 14.0. The summed E-state index contributed by atoms with van der Waals surface area (Å²) in [5, 5.41) is 2.47. The number of benzene rings is 2. The minimum Gasteiger partial charge on any atom is -0.445 e. The average molecular weight is 381 g/mol. The number of alkyl carbamates (subject to hydrolysis) is 1. The predicted molar refractivity (Wildman–Crippen MR) is 89.2 cm³/mol. The highest BCUT2D eigenvalue weighted by Gasteiger charge is 2.31. The van der Waals surface area contributed by atoms with Crippen LogP contribution in [0, 0.1) is 17.7 Å². The van der Waals surface area contributed by atoms with Crippen molar-refractivity contribution in [2.75, 3.05) is 6.54 Å². The van der Waals surface area contributed by atoms with Gasteiger partial charge in [-0.05, 0) is 23.8 Å². The first kappa shape index (κ1) is 20.1. The molecule has 0 aliphatic carbocycles. The van der Waals surface area contributed by atoms with Crippen molar-refractivity contribution in [2.24, 2.45) is 0 Å². The molecule has 1 N–H and O–H groups in total. The molecule has 0 saturated heterocycles. The van der Waals surface area contributed by atoms with E-state index in [0.29, 0.717) is 0 Å². The molecule has 142 valence electrons. The van der Waals surface area contributed by atoms with E-state index in [-0.39, 0.29) is 25.1 Å². The van der Waals surface area contributed by atoms with Gasteiger partial charge in [0.2, 0.25) is 0 Å². The fraction of sp³-hybridized carbons (Fsp3) is 0.211. The molecular formula is C19H15F4NO3. The van der Waals surface area contributed by atoms with Gasteiger partial charge in [-0.25, -0.2) is 9.18 Å². The van der Waals surface area contributed by atoms with Crippen LogP contribution in [0.25, 0.3) is 0 Å². The van der Waals surface area contributed by atoms with E-state index in [1.165, 1.54) is 0 Å². The number of hydrogen-bond donors (Lipinski definition) is 1. The maximum atomic E-state index is 13.6. The maximum Gasteiger partial charge on any atom is 0.573 e. The summed E-state index contributed by atoms with van der Waals surface area (Å²) in [6.45, 7) is 0.260. The smallest absolute Gasteiger partial charge is 0.445 e. The Hall–Kier alpha value is -3.21. The molecule has 0 atom stereocenters. The Balaban J connectivity index is 1.78. The second-order valence-corrected chi connectivity index (χ2v) is 5.23. The Kier molecular flexibility index (Phi) is 7.06. The van der Waals surface area contributed by atoms with Crippen LogP contribution in [-0.4, -0.2) is 19.0 Å². The fourth-order valence-corrected chi connectivity index (χ4v) is 1.96. The van der Waals surface area contributed by atoms with Crippen LogP contribution in [0.1, 0.15) is 17.5 Å². The number of alkyl halides is 3. The van der Waals surface area contributed by atoms with E-state index >= 15 is 0 Å². The normalized spacial score (nSPS) is 10.5. The van der Waals surface area contributed by atoms with Gasteiger partial charge in [0, 0.05) is 13.0 Å². The lowest BCUT2D eigenvalue weighted by molar-refractivity contribution is -0.274. The van der Waals surface area contributed by atoms with Crippen LogP contribution in [-0.2, 0) is 11.3 Å². The van der Waals surface area contributed by atoms with Crippen molar-refractivity contribution in [2.45, 2.75) is 19.4 Å². The second-order valence-electron chi connectivity index (χ2n) is 5.23. The third kappa shape index (κ3) is 7.69. The standard InChI is InChI=1S/C19H15F4NO3/c20-17-10-9-16(27-19(21,22)23)12-15(17)8-4-5-11-24-18(25)26-13-14-6-2-1-3-7-14/h1-3,6-7,9-10,12H,5,11,13H2,(H,24,25). The highest BCUT2D eigenvalue weighted by Crippen LogP contribution is 2.24. The Morgan fingerprint density at radius 2 is 1.85 bits per heavy atom. The molecule has 4 nitrogen and oxygen atoms in total. The summed E-state index contributed by atoms with van der Waals surface area (Å²) >= 11 is 0. The summed E-state index contributed by atoms with van der Waals surface area (Å²) in [5.41, 5.74) is 0.604. The molecule has 2 aromatic carbocycles. The van der Waals surface area contributed by atoms with Gasteiger partial charge in [0.05, 0.1) is 5.56 Å². The molecule has 0 unspecified atom stereocenters. The highest BCUT2D eigenvalue weighted by molar-refractivity contribution is 5.67. The lowest BCUT2D eigenvalue weighted by Gasteiger charge is -2.08. The Morgan fingerprint density at radius 3 is 2.56 bits per heavy atom. The summed E-state index contributed by atoms with van der Waals surface area (Å²) in [6, 6.07) is 11.7. The van der Waals surface area contributed by atoms with E-state index < -0.39 is 24.0 Å². The molecule has 8 heteroatoms. The van der Waals surface area contributed by atoms with Crippen molar-refractivity contribution in [1.29, 1.82) is 0 Å². The van der Waals surface area contributed by atoms with E-state index in [0.717, 1.165) is 23.8 Å². The number of carbonyl (C=O) groups is 1. The van der Waals surface area contributed by atoms with E-state index in [4.69, 9.17) is 4.74 Å². The largest absolute Gasteiger partial charge is 0.573 e. The van der Waals surface area contributed by atoms with E-state index in [9.17, 15) is 22.4 Å². The monoisotopic (exact) mass is 381 g/mol. The van der Waals surface area contributed by atoms with Gasteiger partial charge < -0.3 is 14.8 Å². The van der Waals surface area contributed by atoms with E-state index in [1.54, 1.807) is 0 Å². The van der Waals surface area contributed by atoms with Crippen molar-refractivity contribution in [1.82, 2.24) is 5.32 Å². The second kappa shape index (κ2) is 9.48. The molecule has 0 spiro atoms. The first-order valence-electron chi connectivity index (χ1n) is 7.82. The summed E-state index contributed by atoms with van der Waals surface area (Å²) in [4.78, 5) is 11.5. The number of halogens is 4. The maximum absolute atomic E-state index is 13.6. The summed E-state index contributed by atoms with van der Waals surface area (Å²) in [7, 11) is 0. The predicted octanol–water partition coefficient (Wildman–Crippen LogP) is 4.39. The summed E-state index contributed by atoms with van der Waals surface area (Å²) in [6.07, 6.45) is -5.34. The van der Waals surface area contributed by atoms with Gasteiger partial charge in [-0.3, -0.25) is 0 Å². The van der Waals surface area contributed by atoms with Gasteiger partial charge in [0.25, 0.3) is 0 Å². The number of rotatable bonds is 5. The van der Waals surface area contributed by atoms with Crippen LogP contribution in [0.5, 0.6) is 5.75 Å². The van der Waals surface area contributed by atoms with Gasteiger partial charge >= 0.3 is 12.5 Å². The molecule has 0 aliphatic rings. The lowest BCUT2D eigenvalue weighted by atomic mass is 10.2. The Bertz CT molecular complexity index is 826. The minimum absolute atomic E-state index is 0.121. The average Bonchev–Trinajstić information content (AvgIpc) is 2.62. The van der Waals surface area contributed by atoms with Crippen molar-refractivity contribution < 1.29 is 31.8 Å². The number of carbonyl (C=O) groups excluding carboxylic acids is 1. The molecule has 0 bridgehead atoms. The van der Waals surface area contributed by atoms with Crippen molar-refractivity contribution >= 4 is 6.09 Å². The molecule has 2 aromatic rings. The van der Waals surface area contributed by atoms with Crippen molar-refractivity contribution in [3.05, 3.63) is 65.5 Å². The van der Waals surface area contributed by atoms with Crippen LogP contribution in [0.4, 0.5) is 22.4 Å². The van der Waals surface area contributed by atoms with Gasteiger partial charge in [0.1, 0.15) is 18.2 Å². The Morgan fingerprint density at radius 1 is 1.11 bits per heavy atom. The highest BCUT2D eigenvalue weighted by atomic mass is 19.4. The molecule has 0 aliphatic heterocycles. The third-order valence-corrected chi connectivity index (χ3v) is 3.13. The topological polar surface area (TPSA) is 47.6 Å². The van der Waals surface area contributed by atoms with Gasteiger partial charge in [-0.15, -0.1) is 13.2 Å². The molecule has 1 amide bonds. The zero-order valence-electron chi connectivity index (χ0n) is 14.0. The van der Waals surface area contributed by atoms with Crippen LogP contribution in [0.15, 0.2) is 48.5 Å². The first-order chi connectivity index (χ1) is 12.8. The summed E-state index contributed by atoms with van der Waals surface area (Å²) < 4.78 is 58.8. The van der Waals surface area contributed by atoms with Crippen LogP contribution in [0.3, 0.4) is 0 Å². The zero-order chi connectivity index (χ0) is 19.7. The Labute approximate surface area is 153 Å². The SMILES string of the molecule is O=C(NCCC#Cc1cc(OC(F)(F)F)ccc1F)OCc1ccccc1. The van der Waals surface area contributed by atoms with E-state index in [2.05, 4.69) is 21.9 Å². The molecule has 2 rings (SSSR count). The first-order valence-corrected chi connectivity index (χ1v) is 7.82. The molecule has 0 fully saturated rings. The van der Waals surface area contributed by atoms with Gasteiger partial charge in [-0.1, -0.05) is 42.2 Å². The third-order valence-electron chi connectivity index (χ3n) is 3.13. The number of hydrogen-bond acceptors (Lipinski definition) is 3. The van der Waals surface area contributed by atoms with Gasteiger partial charge in [-0.2, -0.15) is 0 Å². The van der Waals surface area contributed by atoms with Crippen molar-refractivity contribution in [3.8, 4) is 17.6 Å². The van der Waals surface area contributed by atoms with Gasteiger partial charge in [0.15, 0.2) is 0 Å². The van der Waals surface area contributed by atoms with Crippen LogP contribution < -0.4 is 10.1 Å². The molecule has 27 heavy (non-hydrogen) atoms. The lowest BCUT2D eigenvalue weighted by Crippen LogP contribution is -2.24. The van der Waals surface area contributed by atoms with Crippen LogP contribution in [0.2, 0.25) is 0 Å². The summed E-state index contributed by atoms with van der Waals surface area (Å²) in [5.74, 6) is 3.64. The number of nitrogens with one attached hydrogen (secondary N) is 1. The molecule has 0 heterocycles. The molecule has 0 aromatic heterocycles. The fourth-order valence-electron chi connectivity index (χ4n) is 1.96. The number of amides is 1. The number of ether oxygens (including phenoxy) is 2. The quantitative estimate of drug-likeness (QED) is 0.475. The minimum atomic E-state index is -4.87. The molecular weight excluding hydrogens is 366 g/mol. The van der Waals surface area contributed by atoms with E-state index in [1.807, 2.05) is 30.3 Å². The molecule has 0 radical (unpaired) electrons. The van der Waals surface area contributed by atoms with Crippen molar-refractivity contribution in [3.63, 3.8) is 0 Å².